The van der Waals surface area contributed by atoms with Crippen molar-refractivity contribution in [2.75, 3.05) is 7.05 Å². The third kappa shape index (κ3) is 3.68. The fraction of sp³-hybridized carbons (Fsp3) is 0.250. The fourth-order valence-corrected chi connectivity index (χ4v) is 2.96. The summed E-state index contributed by atoms with van der Waals surface area (Å²) in [4.78, 5) is 2.05. The lowest BCUT2D eigenvalue weighted by molar-refractivity contribution is 0.258. The molecule has 27 heavy (non-hydrogen) atoms. The van der Waals surface area contributed by atoms with Gasteiger partial charge in [0.05, 0.1) is 13.1 Å². The maximum Gasteiger partial charge on any atom is 0.253 e. The topological polar surface area (TPSA) is 81.3 Å². The van der Waals surface area contributed by atoms with Gasteiger partial charge in [0.2, 0.25) is 5.89 Å². The largest absolute Gasteiger partial charge is 0.465 e. The van der Waals surface area contributed by atoms with Crippen LogP contribution in [0.3, 0.4) is 0 Å². The van der Waals surface area contributed by atoms with Crippen LogP contribution in [0.1, 0.15) is 23.2 Å². The van der Waals surface area contributed by atoms with Gasteiger partial charge < -0.3 is 13.4 Å². The molecule has 3 aromatic heterocycles. The monoisotopic (exact) mass is 364 g/mol. The molecule has 0 aliphatic rings. The number of hydrogen-bond acceptors (Lipinski definition) is 7. The van der Waals surface area contributed by atoms with Gasteiger partial charge in [0, 0.05) is 5.56 Å². The first-order valence-electron chi connectivity index (χ1n) is 8.68. The quantitative estimate of drug-likeness (QED) is 0.506. The highest BCUT2D eigenvalue weighted by Crippen LogP contribution is 2.33. The smallest absolute Gasteiger partial charge is 0.253 e. The van der Waals surface area contributed by atoms with Crippen LogP contribution in [-0.4, -0.2) is 27.3 Å². The first kappa shape index (κ1) is 17.2. The molecule has 4 rings (SSSR count). The van der Waals surface area contributed by atoms with E-state index < -0.39 is 0 Å². The number of aryl methyl sites for hydroxylation is 2. The average Bonchev–Trinajstić information content (AvgIpc) is 3.36. The molecule has 0 radical (unpaired) electrons. The van der Waals surface area contributed by atoms with Crippen LogP contribution in [0.15, 0.2) is 55.8 Å². The Kier molecular flexibility index (Phi) is 4.60. The molecule has 0 aliphatic heterocycles. The van der Waals surface area contributed by atoms with Crippen LogP contribution in [0.25, 0.3) is 22.7 Å². The van der Waals surface area contributed by atoms with Crippen molar-refractivity contribution in [2.45, 2.75) is 26.9 Å². The molecule has 0 amide bonds. The van der Waals surface area contributed by atoms with Gasteiger partial charge in [-0.3, -0.25) is 4.90 Å². The summed E-state index contributed by atoms with van der Waals surface area (Å²) in [5.41, 5.74) is 2.36. The second kappa shape index (κ2) is 7.20. The lowest BCUT2D eigenvalue weighted by Gasteiger charge is -2.11. The minimum atomic E-state index is 0.407. The van der Waals surface area contributed by atoms with E-state index in [0.29, 0.717) is 36.3 Å². The molecular formula is C20H20N4O3. The predicted molar refractivity (Wildman–Crippen MR) is 98.6 cm³/mol. The Morgan fingerprint density at radius 3 is 2.48 bits per heavy atom. The Morgan fingerprint density at radius 2 is 1.74 bits per heavy atom. The third-order valence-corrected chi connectivity index (χ3v) is 4.22. The zero-order valence-electron chi connectivity index (χ0n) is 15.5. The molecule has 0 saturated heterocycles. The van der Waals surface area contributed by atoms with Crippen molar-refractivity contribution in [1.29, 1.82) is 0 Å². The first-order chi connectivity index (χ1) is 13.1. The number of furan rings is 1. The van der Waals surface area contributed by atoms with Crippen molar-refractivity contribution in [1.82, 2.24) is 20.3 Å². The van der Waals surface area contributed by atoms with E-state index in [9.17, 15) is 0 Å². The van der Waals surface area contributed by atoms with Crippen molar-refractivity contribution in [3.8, 4) is 22.7 Å². The molecule has 0 spiro atoms. The van der Waals surface area contributed by atoms with Gasteiger partial charge in [-0.1, -0.05) is 35.5 Å². The van der Waals surface area contributed by atoms with Crippen LogP contribution in [-0.2, 0) is 13.1 Å². The van der Waals surface area contributed by atoms with Crippen LogP contribution in [0, 0.1) is 13.8 Å². The molecule has 0 bridgehead atoms. The molecule has 7 heteroatoms. The summed E-state index contributed by atoms with van der Waals surface area (Å²) in [6.07, 6.45) is 0. The van der Waals surface area contributed by atoms with Gasteiger partial charge in [-0.25, -0.2) is 0 Å². The van der Waals surface area contributed by atoms with E-state index >= 15 is 0 Å². The van der Waals surface area contributed by atoms with Crippen molar-refractivity contribution in [3.05, 3.63) is 65.6 Å². The summed E-state index contributed by atoms with van der Waals surface area (Å²) in [5.74, 6) is 3.37. The molecule has 0 fully saturated rings. The molecule has 7 nitrogen and oxygen atoms in total. The van der Waals surface area contributed by atoms with E-state index in [0.717, 1.165) is 22.6 Å². The molecule has 0 unspecified atom stereocenters. The standard InChI is InChI=1S/C20H20N4O3/c1-13-9-10-16(25-13)11-24(3)12-17-21-22-20(26-17)18-14(2)27-23-19(18)15-7-5-4-6-8-15/h4-10H,11-12H2,1-3H3. The van der Waals surface area contributed by atoms with Gasteiger partial charge in [-0.15, -0.1) is 10.2 Å². The molecule has 0 aliphatic carbocycles. The van der Waals surface area contributed by atoms with E-state index in [1.54, 1.807) is 0 Å². The van der Waals surface area contributed by atoms with E-state index in [-0.39, 0.29) is 0 Å². The van der Waals surface area contributed by atoms with E-state index in [4.69, 9.17) is 13.4 Å². The minimum absolute atomic E-state index is 0.407. The highest BCUT2D eigenvalue weighted by Gasteiger charge is 2.22. The zero-order chi connectivity index (χ0) is 18.8. The summed E-state index contributed by atoms with van der Waals surface area (Å²) < 4.78 is 16.9. The Hall–Kier alpha value is -3.19. The number of hydrogen-bond donors (Lipinski definition) is 0. The van der Waals surface area contributed by atoms with Crippen LogP contribution in [0.5, 0.6) is 0 Å². The fourth-order valence-electron chi connectivity index (χ4n) is 2.96. The SMILES string of the molecule is Cc1ccc(CN(C)Cc2nnc(-c3c(-c4ccccc4)noc3C)o2)o1. The molecule has 1 aromatic carbocycles. The average molecular weight is 364 g/mol. The second-order valence-corrected chi connectivity index (χ2v) is 6.51. The lowest BCUT2D eigenvalue weighted by Crippen LogP contribution is -2.17. The van der Waals surface area contributed by atoms with Gasteiger partial charge >= 0.3 is 0 Å². The molecular weight excluding hydrogens is 344 g/mol. The van der Waals surface area contributed by atoms with E-state index in [1.807, 2.05) is 68.3 Å². The van der Waals surface area contributed by atoms with Crippen molar-refractivity contribution < 1.29 is 13.4 Å². The van der Waals surface area contributed by atoms with Crippen molar-refractivity contribution >= 4 is 0 Å². The Bertz CT molecular complexity index is 1030. The number of benzene rings is 1. The van der Waals surface area contributed by atoms with Crippen molar-refractivity contribution in [3.63, 3.8) is 0 Å². The van der Waals surface area contributed by atoms with Crippen LogP contribution < -0.4 is 0 Å². The van der Waals surface area contributed by atoms with E-state index in [2.05, 4.69) is 15.4 Å². The summed E-state index contributed by atoms with van der Waals surface area (Å²) in [6, 6.07) is 13.7. The molecule has 4 aromatic rings. The summed E-state index contributed by atoms with van der Waals surface area (Å²) in [6.45, 7) is 4.94. The Morgan fingerprint density at radius 1 is 0.926 bits per heavy atom. The summed E-state index contributed by atoms with van der Waals surface area (Å²) in [7, 11) is 1.97. The number of aromatic nitrogens is 3. The third-order valence-electron chi connectivity index (χ3n) is 4.22. The van der Waals surface area contributed by atoms with Crippen LogP contribution in [0.2, 0.25) is 0 Å². The van der Waals surface area contributed by atoms with Gasteiger partial charge in [0.1, 0.15) is 28.5 Å². The molecule has 3 heterocycles. The first-order valence-corrected chi connectivity index (χ1v) is 8.68. The Balaban J connectivity index is 1.54. The van der Waals surface area contributed by atoms with Gasteiger partial charge in [0.15, 0.2) is 0 Å². The highest BCUT2D eigenvalue weighted by atomic mass is 16.5. The molecule has 0 N–H and O–H groups in total. The van der Waals surface area contributed by atoms with Crippen LogP contribution >= 0.6 is 0 Å². The zero-order valence-corrected chi connectivity index (χ0v) is 15.5. The number of rotatable bonds is 6. The second-order valence-electron chi connectivity index (χ2n) is 6.51. The lowest BCUT2D eigenvalue weighted by atomic mass is 10.1. The minimum Gasteiger partial charge on any atom is -0.465 e. The van der Waals surface area contributed by atoms with Gasteiger partial charge in [-0.05, 0) is 33.0 Å². The van der Waals surface area contributed by atoms with Gasteiger partial charge in [0.25, 0.3) is 5.89 Å². The predicted octanol–water partition coefficient (Wildman–Crippen LogP) is 4.23. The van der Waals surface area contributed by atoms with E-state index in [1.165, 1.54) is 0 Å². The van der Waals surface area contributed by atoms with Crippen LogP contribution in [0.4, 0.5) is 0 Å². The molecule has 138 valence electrons. The number of nitrogens with zero attached hydrogens (tertiary/aromatic N) is 4. The normalized spacial score (nSPS) is 11.4. The maximum atomic E-state index is 5.89. The maximum absolute atomic E-state index is 5.89. The summed E-state index contributed by atoms with van der Waals surface area (Å²) in [5, 5.41) is 12.5. The Labute approximate surface area is 156 Å². The molecule has 0 atom stereocenters. The van der Waals surface area contributed by atoms with Crippen molar-refractivity contribution in [2.24, 2.45) is 0 Å². The highest BCUT2D eigenvalue weighted by molar-refractivity contribution is 5.77. The summed E-state index contributed by atoms with van der Waals surface area (Å²) >= 11 is 0. The van der Waals surface area contributed by atoms with Gasteiger partial charge in [-0.2, -0.15) is 0 Å². The molecule has 0 saturated carbocycles.